The molecular weight excluding hydrogens is 244 g/mol. The van der Waals surface area contributed by atoms with Crippen LogP contribution in [-0.2, 0) is 13.1 Å². The number of hydrogen-bond acceptors (Lipinski definition) is 4. The summed E-state index contributed by atoms with van der Waals surface area (Å²) >= 11 is 1.68. The Labute approximate surface area is 112 Å². The number of aromatic nitrogens is 3. The second-order valence-corrected chi connectivity index (χ2v) is 6.50. The average Bonchev–Trinajstić information content (AvgIpc) is 2.85. The Kier molecular flexibility index (Phi) is 3.82. The third-order valence-corrected chi connectivity index (χ3v) is 3.41. The molecule has 2 rings (SSSR count). The monoisotopic (exact) mass is 264 g/mol. The molecular formula is C13H20N4S. The van der Waals surface area contributed by atoms with Gasteiger partial charge in [-0.2, -0.15) is 5.10 Å². The summed E-state index contributed by atoms with van der Waals surface area (Å²) in [6.07, 6.45) is 1.85. The molecule has 0 bridgehead atoms. The average molecular weight is 264 g/mol. The van der Waals surface area contributed by atoms with Crippen LogP contribution in [0, 0.1) is 6.92 Å². The van der Waals surface area contributed by atoms with Crippen LogP contribution in [-0.4, -0.2) is 20.3 Å². The van der Waals surface area contributed by atoms with Gasteiger partial charge < -0.3 is 5.32 Å². The van der Waals surface area contributed by atoms with Crippen LogP contribution in [0.15, 0.2) is 17.6 Å². The lowest BCUT2D eigenvalue weighted by Gasteiger charge is -2.20. The molecule has 98 valence electrons. The summed E-state index contributed by atoms with van der Waals surface area (Å²) in [5.41, 5.74) is 2.39. The molecule has 0 unspecified atom stereocenters. The highest BCUT2D eigenvalue weighted by Gasteiger charge is 2.11. The van der Waals surface area contributed by atoms with Crippen LogP contribution in [0.25, 0.3) is 0 Å². The number of hydrogen-bond donors (Lipinski definition) is 1. The molecule has 0 radical (unpaired) electrons. The van der Waals surface area contributed by atoms with E-state index in [-0.39, 0.29) is 5.54 Å². The number of aryl methyl sites for hydroxylation is 1. The fraction of sp³-hybridized carbons (Fsp3) is 0.538. The van der Waals surface area contributed by atoms with E-state index in [0.717, 1.165) is 23.8 Å². The summed E-state index contributed by atoms with van der Waals surface area (Å²) < 4.78 is 2.01. The summed E-state index contributed by atoms with van der Waals surface area (Å²) in [7, 11) is 0. The minimum absolute atomic E-state index is 0.117. The maximum Gasteiger partial charge on any atom is 0.0898 e. The van der Waals surface area contributed by atoms with Crippen LogP contribution in [0.4, 0.5) is 0 Å². The van der Waals surface area contributed by atoms with Crippen LogP contribution in [0.5, 0.6) is 0 Å². The molecule has 0 amide bonds. The zero-order valence-electron chi connectivity index (χ0n) is 11.4. The molecule has 0 aliphatic heterocycles. The largest absolute Gasteiger partial charge is 0.306 e. The number of nitrogens with zero attached hydrogens (tertiary/aromatic N) is 3. The van der Waals surface area contributed by atoms with Gasteiger partial charge in [0.15, 0.2) is 0 Å². The van der Waals surface area contributed by atoms with E-state index in [1.54, 1.807) is 11.3 Å². The predicted molar refractivity (Wildman–Crippen MR) is 74.8 cm³/mol. The van der Waals surface area contributed by atoms with E-state index in [4.69, 9.17) is 0 Å². The summed E-state index contributed by atoms with van der Waals surface area (Å²) in [6, 6.07) is 2.05. The van der Waals surface area contributed by atoms with Gasteiger partial charge in [-0.25, -0.2) is 4.98 Å². The highest BCUT2D eigenvalue weighted by Crippen LogP contribution is 2.11. The molecule has 1 N–H and O–H groups in total. The summed E-state index contributed by atoms with van der Waals surface area (Å²) in [5.74, 6) is 0. The molecule has 0 aliphatic rings. The van der Waals surface area contributed by atoms with Crippen molar-refractivity contribution in [3.8, 4) is 0 Å². The molecule has 0 aliphatic carbocycles. The lowest BCUT2D eigenvalue weighted by Crippen LogP contribution is -2.35. The first kappa shape index (κ1) is 13.2. The van der Waals surface area contributed by atoms with Crippen LogP contribution < -0.4 is 5.32 Å². The van der Waals surface area contributed by atoms with Gasteiger partial charge in [0, 0.05) is 23.7 Å². The van der Waals surface area contributed by atoms with E-state index in [1.165, 1.54) is 5.69 Å². The van der Waals surface area contributed by atoms with Crippen molar-refractivity contribution in [3.05, 3.63) is 34.0 Å². The molecule has 2 aromatic rings. The van der Waals surface area contributed by atoms with Crippen molar-refractivity contribution in [2.24, 2.45) is 0 Å². The van der Waals surface area contributed by atoms with E-state index >= 15 is 0 Å². The molecule has 0 atom stereocenters. The molecule has 18 heavy (non-hydrogen) atoms. The standard InChI is InChI=1S/C13H20N4S/c1-10-16-11(9-18-10)8-17-12(5-6-15-17)7-14-13(2,3)4/h5-6,9,14H,7-8H2,1-4H3. The lowest BCUT2D eigenvalue weighted by atomic mass is 10.1. The quantitative estimate of drug-likeness (QED) is 0.923. The van der Waals surface area contributed by atoms with Gasteiger partial charge in [0.1, 0.15) is 0 Å². The predicted octanol–water partition coefficient (Wildman–Crippen LogP) is 2.58. The van der Waals surface area contributed by atoms with E-state index in [0.29, 0.717) is 0 Å². The molecule has 0 fully saturated rings. The van der Waals surface area contributed by atoms with Gasteiger partial charge in [-0.3, -0.25) is 4.68 Å². The van der Waals surface area contributed by atoms with E-state index in [1.807, 2.05) is 17.8 Å². The van der Waals surface area contributed by atoms with E-state index in [2.05, 4.69) is 47.6 Å². The second-order valence-electron chi connectivity index (χ2n) is 5.44. The minimum atomic E-state index is 0.117. The fourth-order valence-corrected chi connectivity index (χ4v) is 2.25. The number of rotatable bonds is 4. The van der Waals surface area contributed by atoms with Crippen molar-refractivity contribution < 1.29 is 0 Å². The Morgan fingerprint density at radius 1 is 1.39 bits per heavy atom. The highest BCUT2D eigenvalue weighted by molar-refractivity contribution is 7.09. The molecule has 0 saturated heterocycles. The minimum Gasteiger partial charge on any atom is -0.306 e. The van der Waals surface area contributed by atoms with Gasteiger partial charge in [-0.15, -0.1) is 11.3 Å². The molecule has 2 aromatic heterocycles. The SMILES string of the molecule is Cc1nc(Cn2nccc2CNC(C)(C)C)cs1. The molecule has 5 heteroatoms. The third kappa shape index (κ3) is 3.65. The van der Waals surface area contributed by atoms with Crippen molar-refractivity contribution in [2.75, 3.05) is 0 Å². The Bertz CT molecular complexity index is 507. The van der Waals surface area contributed by atoms with Crippen molar-refractivity contribution in [2.45, 2.75) is 46.3 Å². The van der Waals surface area contributed by atoms with Gasteiger partial charge in [0.2, 0.25) is 0 Å². The Hall–Kier alpha value is -1.20. The zero-order chi connectivity index (χ0) is 13.2. The Morgan fingerprint density at radius 3 is 2.78 bits per heavy atom. The van der Waals surface area contributed by atoms with Crippen LogP contribution >= 0.6 is 11.3 Å². The van der Waals surface area contributed by atoms with Gasteiger partial charge >= 0.3 is 0 Å². The molecule has 0 saturated carbocycles. The smallest absolute Gasteiger partial charge is 0.0898 e. The zero-order valence-corrected chi connectivity index (χ0v) is 12.2. The maximum absolute atomic E-state index is 4.47. The van der Waals surface area contributed by atoms with Crippen LogP contribution in [0.2, 0.25) is 0 Å². The normalized spacial score (nSPS) is 12.0. The third-order valence-electron chi connectivity index (χ3n) is 2.58. The second kappa shape index (κ2) is 5.20. The van der Waals surface area contributed by atoms with E-state index < -0.39 is 0 Å². The molecule has 0 spiro atoms. The Balaban J connectivity index is 2.03. The first-order chi connectivity index (χ1) is 8.44. The summed E-state index contributed by atoms with van der Waals surface area (Å²) in [6.45, 7) is 10.1. The number of nitrogens with one attached hydrogen (secondary N) is 1. The highest BCUT2D eigenvalue weighted by atomic mass is 32.1. The van der Waals surface area contributed by atoms with Crippen molar-refractivity contribution in [1.29, 1.82) is 0 Å². The first-order valence-corrected chi connectivity index (χ1v) is 6.99. The summed E-state index contributed by atoms with van der Waals surface area (Å²) in [4.78, 5) is 4.47. The maximum atomic E-state index is 4.47. The number of thiazole rings is 1. The fourth-order valence-electron chi connectivity index (χ4n) is 1.64. The van der Waals surface area contributed by atoms with E-state index in [9.17, 15) is 0 Å². The molecule has 4 nitrogen and oxygen atoms in total. The summed E-state index contributed by atoms with van der Waals surface area (Å²) in [5, 5.41) is 11.0. The Morgan fingerprint density at radius 2 is 2.17 bits per heavy atom. The molecule has 2 heterocycles. The van der Waals surface area contributed by atoms with Gasteiger partial charge in [0.25, 0.3) is 0 Å². The van der Waals surface area contributed by atoms with Gasteiger partial charge in [-0.05, 0) is 33.8 Å². The van der Waals surface area contributed by atoms with Gasteiger partial charge in [-0.1, -0.05) is 0 Å². The topological polar surface area (TPSA) is 42.7 Å². The lowest BCUT2D eigenvalue weighted by molar-refractivity contribution is 0.413. The van der Waals surface area contributed by atoms with Crippen molar-refractivity contribution >= 4 is 11.3 Å². The van der Waals surface area contributed by atoms with Gasteiger partial charge in [0.05, 0.1) is 22.9 Å². The van der Waals surface area contributed by atoms with Crippen molar-refractivity contribution in [3.63, 3.8) is 0 Å². The van der Waals surface area contributed by atoms with Crippen LogP contribution in [0.1, 0.15) is 37.2 Å². The van der Waals surface area contributed by atoms with Crippen LogP contribution in [0.3, 0.4) is 0 Å². The van der Waals surface area contributed by atoms with Crippen molar-refractivity contribution in [1.82, 2.24) is 20.1 Å². The molecule has 0 aromatic carbocycles. The first-order valence-electron chi connectivity index (χ1n) is 6.11.